The van der Waals surface area contributed by atoms with E-state index in [0.717, 1.165) is 13.2 Å². The van der Waals surface area contributed by atoms with Crippen LogP contribution in [0, 0.1) is 0 Å². The first-order valence-electron chi connectivity index (χ1n) is 4.87. The molecule has 0 atom stereocenters. The molecule has 76 valence electrons. The Kier molecular flexibility index (Phi) is 5.71. The molecule has 0 amide bonds. The molecule has 2 nitrogen and oxygen atoms in total. The highest BCUT2D eigenvalue weighted by atomic mass is 16.5. The lowest BCUT2D eigenvalue weighted by Gasteiger charge is -1.98. The van der Waals surface area contributed by atoms with Gasteiger partial charge in [-0.2, -0.15) is 0 Å². The summed E-state index contributed by atoms with van der Waals surface area (Å²) in [5.41, 5.74) is 1.21. The standard InChI is InChI=1S/C12H17NO/c1-13-9-11-14-10-5-8-12-6-3-2-4-7-12/h2-8,13H,9-11H2,1H3. The van der Waals surface area contributed by atoms with Gasteiger partial charge in [-0.05, 0) is 12.6 Å². The molecule has 0 spiro atoms. The Bertz CT molecular complexity index is 256. The van der Waals surface area contributed by atoms with Gasteiger partial charge in [0.15, 0.2) is 0 Å². The van der Waals surface area contributed by atoms with Gasteiger partial charge in [-0.1, -0.05) is 42.5 Å². The van der Waals surface area contributed by atoms with Crippen LogP contribution in [0.3, 0.4) is 0 Å². The Morgan fingerprint density at radius 2 is 2.07 bits per heavy atom. The first kappa shape index (κ1) is 11.0. The van der Waals surface area contributed by atoms with E-state index in [-0.39, 0.29) is 0 Å². The molecule has 0 heterocycles. The van der Waals surface area contributed by atoms with Crippen LogP contribution in [-0.2, 0) is 4.74 Å². The largest absolute Gasteiger partial charge is 0.376 e. The molecular formula is C12H17NO. The predicted octanol–water partition coefficient (Wildman–Crippen LogP) is 1.94. The molecule has 0 aliphatic heterocycles. The topological polar surface area (TPSA) is 21.3 Å². The number of hydrogen-bond donors (Lipinski definition) is 1. The highest BCUT2D eigenvalue weighted by molar-refractivity contribution is 5.48. The van der Waals surface area contributed by atoms with Gasteiger partial charge in [0, 0.05) is 6.54 Å². The Balaban J connectivity index is 2.15. The van der Waals surface area contributed by atoms with Crippen molar-refractivity contribution >= 4 is 6.08 Å². The van der Waals surface area contributed by atoms with Crippen molar-refractivity contribution in [2.45, 2.75) is 0 Å². The Labute approximate surface area is 85.6 Å². The van der Waals surface area contributed by atoms with Gasteiger partial charge in [0.25, 0.3) is 0 Å². The molecule has 0 saturated heterocycles. The lowest BCUT2D eigenvalue weighted by Crippen LogP contribution is -2.13. The molecule has 0 aliphatic carbocycles. The summed E-state index contributed by atoms with van der Waals surface area (Å²) in [4.78, 5) is 0. The van der Waals surface area contributed by atoms with E-state index in [1.807, 2.05) is 31.3 Å². The highest BCUT2D eigenvalue weighted by Gasteiger charge is 1.83. The zero-order chi connectivity index (χ0) is 10.1. The number of likely N-dealkylation sites (N-methyl/N-ethyl adjacent to an activating group) is 1. The SMILES string of the molecule is CNCCOCC=Cc1ccccc1. The van der Waals surface area contributed by atoms with E-state index in [1.54, 1.807) is 0 Å². The third-order valence-electron chi connectivity index (χ3n) is 1.82. The fraction of sp³-hybridized carbons (Fsp3) is 0.333. The number of benzene rings is 1. The molecule has 1 aromatic carbocycles. The van der Waals surface area contributed by atoms with Crippen molar-refractivity contribution in [1.29, 1.82) is 0 Å². The zero-order valence-corrected chi connectivity index (χ0v) is 8.57. The molecular weight excluding hydrogens is 174 g/mol. The summed E-state index contributed by atoms with van der Waals surface area (Å²) >= 11 is 0. The number of hydrogen-bond acceptors (Lipinski definition) is 2. The first-order valence-corrected chi connectivity index (χ1v) is 4.87. The van der Waals surface area contributed by atoms with E-state index < -0.39 is 0 Å². The minimum Gasteiger partial charge on any atom is -0.376 e. The fourth-order valence-electron chi connectivity index (χ4n) is 1.07. The molecule has 0 aromatic heterocycles. The maximum Gasteiger partial charge on any atom is 0.0651 e. The maximum atomic E-state index is 5.35. The summed E-state index contributed by atoms with van der Waals surface area (Å²) in [5.74, 6) is 0. The van der Waals surface area contributed by atoms with Gasteiger partial charge < -0.3 is 10.1 Å². The quantitative estimate of drug-likeness (QED) is 0.694. The van der Waals surface area contributed by atoms with Crippen LogP contribution in [0.2, 0.25) is 0 Å². The lowest BCUT2D eigenvalue weighted by molar-refractivity contribution is 0.166. The molecule has 2 heteroatoms. The summed E-state index contributed by atoms with van der Waals surface area (Å²) in [7, 11) is 1.92. The summed E-state index contributed by atoms with van der Waals surface area (Å²) in [5, 5.41) is 3.03. The van der Waals surface area contributed by atoms with E-state index in [1.165, 1.54) is 5.56 Å². The number of nitrogens with one attached hydrogen (secondary N) is 1. The molecule has 0 saturated carbocycles. The smallest absolute Gasteiger partial charge is 0.0651 e. The minimum atomic E-state index is 0.677. The van der Waals surface area contributed by atoms with E-state index in [9.17, 15) is 0 Å². The minimum absolute atomic E-state index is 0.677. The van der Waals surface area contributed by atoms with Gasteiger partial charge in [-0.15, -0.1) is 0 Å². The monoisotopic (exact) mass is 191 g/mol. The molecule has 1 rings (SSSR count). The second kappa shape index (κ2) is 7.30. The van der Waals surface area contributed by atoms with Crippen molar-refractivity contribution < 1.29 is 4.74 Å². The molecule has 0 fully saturated rings. The van der Waals surface area contributed by atoms with E-state index in [0.29, 0.717) is 6.61 Å². The molecule has 0 bridgehead atoms. The average molecular weight is 191 g/mol. The normalized spacial score (nSPS) is 10.9. The van der Waals surface area contributed by atoms with Gasteiger partial charge >= 0.3 is 0 Å². The second-order valence-corrected chi connectivity index (χ2v) is 2.99. The van der Waals surface area contributed by atoms with Crippen LogP contribution < -0.4 is 5.32 Å². The molecule has 0 unspecified atom stereocenters. The van der Waals surface area contributed by atoms with Crippen LogP contribution in [0.5, 0.6) is 0 Å². The third-order valence-corrected chi connectivity index (χ3v) is 1.82. The molecule has 0 aliphatic rings. The number of ether oxygens (including phenoxy) is 1. The Morgan fingerprint density at radius 1 is 1.29 bits per heavy atom. The van der Waals surface area contributed by atoms with E-state index in [2.05, 4.69) is 23.5 Å². The van der Waals surface area contributed by atoms with Crippen molar-refractivity contribution in [2.75, 3.05) is 26.8 Å². The maximum absolute atomic E-state index is 5.35. The first-order chi connectivity index (χ1) is 6.93. The number of rotatable bonds is 6. The Hall–Kier alpha value is -1.12. The van der Waals surface area contributed by atoms with Gasteiger partial charge in [0.1, 0.15) is 0 Å². The van der Waals surface area contributed by atoms with Crippen LogP contribution >= 0.6 is 0 Å². The van der Waals surface area contributed by atoms with E-state index in [4.69, 9.17) is 4.74 Å². The van der Waals surface area contributed by atoms with Crippen molar-refractivity contribution in [3.05, 3.63) is 42.0 Å². The van der Waals surface area contributed by atoms with Crippen LogP contribution in [-0.4, -0.2) is 26.8 Å². The summed E-state index contributed by atoms with van der Waals surface area (Å²) in [6.07, 6.45) is 4.10. The predicted molar refractivity (Wildman–Crippen MR) is 60.2 cm³/mol. The summed E-state index contributed by atoms with van der Waals surface area (Å²) in [6.45, 7) is 2.34. The second-order valence-electron chi connectivity index (χ2n) is 2.99. The van der Waals surface area contributed by atoms with Crippen molar-refractivity contribution in [3.63, 3.8) is 0 Å². The van der Waals surface area contributed by atoms with Gasteiger partial charge in [0.05, 0.1) is 13.2 Å². The Morgan fingerprint density at radius 3 is 2.79 bits per heavy atom. The van der Waals surface area contributed by atoms with E-state index >= 15 is 0 Å². The van der Waals surface area contributed by atoms with Crippen LogP contribution in [0.4, 0.5) is 0 Å². The van der Waals surface area contributed by atoms with Gasteiger partial charge in [0.2, 0.25) is 0 Å². The zero-order valence-electron chi connectivity index (χ0n) is 8.57. The highest BCUT2D eigenvalue weighted by Crippen LogP contribution is 2.00. The van der Waals surface area contributed by atoms with Crippen molar-refractivity contribution in [1.82, 2.24) is 5.32 Å². The lowest BCUT2D eigenvalue weighted by atomic mass is 10.2. The third kappa shape index (κ3) is 4.80. The molecule has 14 heavy (non-hydrogen) atoms. The molecule has 0 radical (unpaired) electrons. The van der Waals surface area contributed by atoms with Crippen LogP contribution in [0.15, 0.2) is 36.4 Å². The van der Waals surface area contributed by atoms with Gasteiger partial charge in [-0.3, -0.25) is 0 Å². The molecule has 1 aromatic rings. The van der Waals surface area contributed by atoms with Crippen molar-refractivity contribution in [3.8, 4) is 0 Å². The summed E-state index contributed by atoms with van der Waals surface area (Å²) in [6, 6.07) is 10.2. The van der Waals surface area contributed by atoms with Crippen molar-refractivity contribution in [2.24, 2.45) is 0 Å². The molecule has 1 N–H and O–H groups in total. The average Bonchev–Trinajstić information content (AvgIpc) is 2.25. The van der Waals surface area contributed by atoms with Crippen LogP contribution in [0.1, 0.15) is 5.56 Å². The summed E-state index contributed by atoms with van der Waals surface area (Å²) < 4.78 is 5.35. The van der Waals surface area contributed by atoms with Crippen LogP contribution in [0.25, 0.3) is 6.08 Å². The fourth-order valence-corrected chi connectivity index (χ4v) is 1.07. The van der Waals surface area contributed by atoms with Gasteiger partial charge in [-0.25, -0.2) is 0 Å².